The monoisotopic (exact) mass is 489 g/mol. The number of H-pyrrole nitrogens is 1. The summed E-state index contributed by atoms with van der Waals surface area (Å²) in [5.41, 5.74) is 11.5. The van der Waals surface area contributed by atoms with Crippen LogP contribution in [0.4, 0.5) is 5.69 Å². The molecule has 1 aliphatic heterocycles. The molecule has 0 radical (unpaired) electrons. The molecule has 2 aromatic rings. The summed E-state index contributed by atoms with van der Waals surface area (Å²) in [5.74, 6) is 0.215. The maximum absolute atomic E-state index is 13.0. The third kappa shape index (κ3) is 5.06. The maximum Gasteiger partial charge on any atom is 0.242 e. The molecule has 9 N–H and O–H groups in total. The summed E-state index contributed by atoms with van der Waals surface area (Å²) < 4.78 is 53.6. The molecule has 1 saturated heterocycles. The van der Waals surface area contributed by atoms with Crippen LogP contribution in [0, 0.1) is 5.92 Å². The molecule has 0 amide bonds. The van der Waals surface area contributed by atoms with E-state index in [1.54, 1.807) is 0 Å². The van der Waals surface area contributed by atoms with Gasteiger partial charge in [0.1, 0.15) is 9.79 Å². The van der Waals surface area contributed by atoms with Crippen molar-refractivity contribution in [3.8, 4) is 11.4 Å². The Morgan fingerprint density at radius 3 is 2.41 bits per heavy atom. The van der Waals surface area contributed by atoms with E-state index in [0.29, 0.717) is 31.2 Å². The summed E-state index contributed by atoms with van der Waals surface area (Å²) in [6.07, 6.45) is 1.56. The first kappa shape index (κ1) is 24.4. The molecular formula is C16H27N9O5S2. The van der Waals surface area contributed by atoms with Crippen molar-refractivity contribution in [1.82, 2.24) is 25.3 Å². The Morgan fingerprint density at radius 1 is 1.22 bits per heavy atom. The lowest BCUT2D eigenvalue weighted by Gasteiger charge is -2.34. The van der Waals surface area contributed by atoms with Gasteiger partial charge in [0.05, 0.1) is 18.2 Å². The molecular weight excluding hydrogens is 462 g/mol. The molecule has 178 valence electrons. The van der Waals surface area contributed by atoms with Gasteiger partial charge in [0.25, 0.3) is 0 Å². The van der Waals surface area contributed by atoms with Crippen LogP contribution in [-0.4, -0.2) is 81.4 Å². The average molecular weight is 490 g/mol. The van der Waals surface area contributed by atoms with Crippen LogP contribution < -0.4 is 26.2 Å². The predicted octanol–water partition coefficient (Wildman–Crippen LogP) is -2.71. The van der Waals surface area contributed by atoms with Gasteiger partial charge in [0.2, 0.25) is 25.9 Å². The second-order valence-corrected chi connectivity index (χ2v) is 10.7. The lowest BCUT2D eigenvalue weighted by Crippen LogP contribution is -2.43. The minimum absolute atomic E-state index is 0.0800. The highest BCUT2D eigenvalue weighted by atomic mass is 32.2. The number of primary sulfonamides is 1. The number of aromatic amines is 1. The van der Waals surface area contributed by atoms with E-state index in [1.807, 2.05) is 4.90 Å². The van der Waals surface area contributed by atoms with Crippen LogP contribution in [0.5, 0.6) is 0 Å². The van der Waals surface area contributed by atoms with E-state index in [-0.39, 0.29) is 17.9 Å². The number of nitrogens with two attached hydrogens (primary N) is 3. The van der Waals surface area contributed by atoms with Crippen LogP contribution >= 0.6 is 0 Å². The molecule has 1 aromatic carbocycles. The van der Waals surface area contributed by atoms with Crippen LogP contribution in [0.15, 0.2) is 21.9 Å². The smallest absolute Gasteiger partial charge is 0.242 e. The van der Waals surface area contributed by atoms with Gasteiger partial charge in [-0.15, -0.1) is 10.2 Å². The molecule has 1 aliphatic rings. The Kier molecular flexibility index (Phi) is 7.43. The van der Waals surface area contributed by atoms with E-state index in [0.717, 1.165) is 18.9 Å². The Morgan fingerprint density at radius 2 is 1.91 bits per heavy atom. The third-order valence-electron chi connectivity index (χ3n) is 5.36. The molecule has 0 unspecified atom stereocenters. The van der Waals surface area contributed by atoms with Gasteiger partial charge in [0, 0.05) is 25.3 Å². The average Bonchev–Trinajstić information content (AvgIpc) is 3.30. The van der Waals surface area contributed by atoms with Gasteiger partial charge < -0.3 is 21.5 Å². The van der Waals surface area contributed by atoms with E-state index in [2.05, 4.69) is 25.3 Å². The third-order valence-corrected chi connectivity index (χ3v) is 8.04. The maximum atomic E-state index is 13.0. The zero-order chi connectivity index (χ0) is 23.5. The standard InChI is InChI=1S/C16H27N9O5S2/c17-7-10-3-5-25(6-4-10)12-1-2-13(32(29,30)22-11(8-18)9-26)15(31(19,27)28)14(12)16-20-23-24-21-16/h1-2,10-11,22,26H,3-9,17-18H2,(H2,19,27,28)(H,20,21,23,24)/t11-/m0/s1. The highest BCUT2D eigenvalue weighted by Crippen LogP contribution is 2.39. The lowest BCUT2D eigenvalue weighted by atomic mass is 9.96. The number of aliphatic hydroxyl groups is 1. The molecule has 1 aromatic heterocycles. The normalized spacial score (nSPS) is 16.9. The first-order chi connectivity index (χ1) is 15.1. The van der Waals surface area contributed by atoms with Crippen LogP contribution in [0.2, 0.25) is 0 Å². The highest BCUT2D eigenvalue weighted by Gasteiger charge is 2.34. The number of hydrogen-bond acceptors (Lipinski definition) is 11. The molecule has 0 spiro atoms. The number of benzene rings is 1. The van der Waals surface area contributed by atoms with Gasteiger partial charge in [-0.25, -0.2) is 26.7 Å². The first-order valence-corrected chi connectivity index (χ1v) is 12.9. The SMILES string of the molecule is NCC1CCN(c2ccc(S(=O)(=O)N[C@@H](CN)CO)c(S(N)(=O)=O)c2-c2nn[nH]n2)CC1. The van der Waals surface area contributed by atoms with Crippen LogP contribution in [-0.2, 0) is 20.0 Å². The molecule has 14 nitrogen and oxygen atoms in total. The van der Waals surface area contributed by atoms with E-state index in [9.17, 15) is 21.9 Å². The van der Waals surface area contributed by atoms with Gasteiger partial charge >= 0.3 is 0 Å². The van der Waals surface area contributed by atoms with Crippen molar-refractivity contribution in [2.45, 2.75) is 28.7 Å². The number of aromatic nitrogens is 4. The number of nitrogens with one attached hydrogen (secondary N) is 2. The molecule has 3 rings (SSSR count). The largest absolute Gasteiger partial charge is 0.395 e. The van der Waals surface area contributed by atoms with E-state index < -0.39 is 42.5 Å². The molecule has 2 heterocycles. The zero-order valence-corrected chi connectivity index (χ0v) is 18.8. The van der Waals surface area contributed by atoms with Crippen molar-refractivity contribution in [3.63, 3.8) is 0 Å². The summed E-state index contributed by atoms with van der Waals surface area (Å²) in [6, 6.07) is 1.62. The highest BCUT2D eigenvalue weighted by molar-refractivity contribution is 7.92. The van der Waals surface area contributed by atoms with Crippen molar-refractivity contribution < 1.29 is 21.9 Å². The molecule has 32 heavy (non-hydrogen) atoms. The van der Waals surface area contributed by atoms with E-state index >= 15 is 0 Å². The van der Waals surface area contributed by atoms with Gasteiger partial charge in [-0.2, -0.15) is 5.21 Å². The van der Waals surface area contributed by atoms with Gasteiger partial charge in [-0.3, -0.25) is 0 Å². The first-order valence-electron chi connectivity index (χ1n) is 9.84. The lowest BCUT2D eigenvalue weighted by molar-refractivity contribution is 0.259. The van der Waals surface area contributed by atoms with Crippen molar-refractivity contribution in [1.29, 1.82) is 0 Å². The van der Waals surface area contributed by atoms with E-state index in [4.69, 9.17) is 16.6 Å². The van der Waals surface area contributed by atoms with Gasteiger partial charge in [-0.05, 0) is 42.7 Å². The van der Waals surface area contributed by atoms with Crippen LogP contribution in [0.25, 0.3) is 11.4 Å². The number of rotatable bonds is 9. The number of tetrazole rings is 1. The zero-order valence-electron chi connectivity index (χ0n) is 17.2. The fourth-order valence-electron chi connectivity index (χ4n) is 3.65. The van der Waals surface area contributed by atoms with Crippen molar-refractivity contribution in [2.24, 2.45) is 22.5 Å². The fraction of sp³-hybridized carbons (Fsp3) is 0.562. The molecule has 16 heteroatoms. The molecule has 1 atom stereocenters. The summed E-state index contributed by atoms with van der Waals surface area (Å²) in [4.78, 5) is 0.637. The second-order valence-electron chi connectivity index (χ2n) is 7.47. The Hall–Kier alpha value is -2.21. The minimum Gasteiger partial charge on any atom is -0.395 e. The topological polar surface area (TPSA) is 236 Å². The number of piperidine rings is 1. The molecule has 0 aliphatic carbocycles. The van der Waals surface area contributed by atoms with Gasteiger partial charge in [0.15, 0.2) is 0 Å². The summed E-state index contributed by atoms with van der Waals surface area (Å²) in [5, 5.41) is 28.3. The van der Waals surface area contributed by atoms with Crippen molar-refractivity contribution >= 4 is 25.7 Å². The van der Waals surface area contributed by atoms with Crippen LogP contribution in [0.3, 0.4) is 0 Å². The van der Waals surface area contributed by atoms with Crippen molar-refractivity contribution in [3.05, 3.63) is 12.1 Å². The van der Waals surface area contributed by atoms with Crippen LogP contribution in [0.1, 0.15) is 12.8 Å². The quantitative estimate of drug-likeness (QED) is 0.212. The Bertz CT molecular complexity index is 1130. The molecule has 0 bridgehead atoms. The summed E-state index contributed by atoms with van der Waals surface area (Å²) in [6.45, 7) is 0.907. The van der Waals surface area contributed by atoms with Gasteiger partial charge in [-0.1, -0.05) is 0 Å². The summed E-state index contributed by atoms with van der Waals surface area (Å²) in [7, 11) is -9.02. The molecule has 0 saturated carbocycles. The predicted molar refractivity (Wildman–Crippen MR) is 115 cm³/mol. The Labute approximate surface area is 185 Å². The second kappa shape index (κ2) is 9.74. The number of anilines is 1. The van der Waals surface area contributed by atoms with E-state index in [1.165, 1.54) is 6.07 Å². The number of hydrogen-bond donors (Lipinski definition) is 6. The summed E-state index contributed by atoms with van der Waals surface area (Å²) >= 11 is 0. The number of sulfonamides is 2. The fourth-order valence-corrected chi connectivity index (χ4v) is 6.48. The minimum atomic E-state index is -4.58. The molecule has 1 fully saturated rings. The van der Waals surface area contributed by atoms with Crippen molar-refractivity contribution in [2.75, 3.05) is 37.7 Å². The number of nitrogens with zero attached hydrogens (tertiary/aromatic N) is 4. The number of aliphatic hydroxyl groups excluding tert-OH is 1. The Balaban J connectivity index is 2.23.